The lowest BCUT2D eigenvalue weighted by molar-refractivity contribution is 0.155. The normalized spacial score (nSPS) is 25.2. The van der Waals surface area contributed by atoms with Gasteiger partial charge in [-0.15, -0.1) is 0 Å². The molecule has 0 saturated carbocycles. The number of imidazole rings is 1. The first-order valence-electron chi connectivity index (χ1n) is 10.5. The zero-order chi connectivity index (χ0) is 20.5. The zero-order valence-corrected chi connectivity index (χ0v) is 19.1. The summed E-state index contributed by atoms with van der Waals surface area (Å²) in [6.07, 6.45) is 3.78. The summed E-state index contributed by atoms with van der Waals surface area (Å²) in [5.41, 5.74) is 4.35. The van der Waals surface area contributed by atoms with Gasteiger partial charge in [-0.25, -0.2) is 4.98 Å². The monoisotopic (exact) mass is 358 g/mol. The number of aromatic amines is 1. The van der Waals surface area contributed by atoms with E-state index in [1.54, 1.807) is 6.33 Å². The van der Waals surface area contributed by atoms with E-state index >= 15 is 0 Å². The molecule has 0 radical (unpaired) electrons. The van der Waals surface area contributed by atoms with E-state index in [0.29, 0.717) is 11.8 Å². The average Bonchev–Trinajstić information content (AvgIpc) is 3.25. The second-order valence-corrected chi connectivity index (χ2v) is 7.01. The number of benzene rings is 1. The third-order valence-electron chi connectivity index (χ3n) is 6.04. The Morgan fingerprint density at radius 1 is 0.808 bits per heavy atom. The van der Waals surface area contributed by atoms with E-state index in [4.69, 9.17) is 0 Å². The standard InChI is InChI=1S/C18H24N2.3C2H6/c1-12-13(2)18(5,16-10-19-11-20-16)15-9-7-6-8-14(15)17(12,3)4;3*1-2/h6-13H,1-5H3,(H,19,20);3*1-2H3. The van der Waals surface area contributed by atoms with Crippen LogP contribution in [0.1, 0.15) is 93.0 Å². The number of H-pyrrole nitrogens is 1. The average molecular weight is 359 g/mol. The topological polar surface area (TPSA) is 28.7 Å². The minimum absolute atomic E-state index is 0.00201. The van der Waals surface area contributed by atoms with Crippen LogP contribution in [0.25, 0.3) is 0 Å². The van der Waals surface area contributed by atoms with Gasteiger partial charge in [0.2, 0.25) is 0 Å². The van der Waals surface area contributed by atoms with Crippen molar-refractivity contribution >= 4 is 0 Å². The van der Waals surface area contributed by atoms with Crippen molar-refractivity contribution in [2.75, 3.05) is 0 Å². The van der Waals surface area contributed by atoms with E-state index in [2.05, 4.69) is 68.9 Å². The van der Waals surface area contributed by atoms with Crippen LogP contribution in [-0.4, -0.2) is 9.97 Å². The molecule has 26 heavy (non-hydrogen) atoms. The molecular weight excluding hydrogens is 316 g/mol. The van der Waals surface area contributed by atoms with Crippen LogP contribution in [0.4, 0.5) is 0 Å². The summed E-state index contributed by atoms with van der Waals surface area (Å²) in [7, 11) is 0. The van der Waals surface area contributed by atoms with Crippen molar-refractivity contribution in [3.05, 3.63) is 53.6 Å². The third kappa shape index (κ3) is 4.05. The number of hydrogen-bond donors (Lipinski definition) is 1. The molecule has 2 heteroatoms. The highest BCUT2D eigenvalue weighted by Crippen LogP contribution is 2.54. The predicted molar refractivity (Wildman–Crippen MR) is 117 cm³/mol. The number of nitrogens with zero attached hydrogens (tertiary/aromatic N) is 1. The maximum absolute atomic E-state index is 4.26. The molecule has 148 valence electrons. The highest BCUT2D eigenvalue weighted by Gasteiger charge is 2.50. The van der Waals surface area contributed by atoms with Gasteiger partial charge in [0.1, 0.15) is 0 Å². The number of rotatable bonds is 1. The molecule has 1 aromatic heterocycles. The van der Waals surface area contributed by atoms with Crippen LogP contribution in [-0.2, 0) is 10.8 Å². The van der Waals surface area contributed by atoms with Crippen molar-refractivity contribution in [1.29, 1.82) is 0 Å². The minimum Gasteiger partial charge on any atom is -0.348 e. The Bertz CT molecular complexity index is 613. The van der Waals surface area contributed by atoms with Gasteiger partial charge >= 0.3 is 0 Å². The lowest BCUT2D eigenvalue weighted by Crippen LogP contribution is -2.48. The number of fused-ring (bicyclic) bond motifs is 1. The van der Waals surface area contributed by atoms with Gasteiger partial charge in [0.05, 0.1) is 6.33 Å². The van der Waals surface area contributed by atoms with Gasteiger partial charge in [-0.3, -0.25) is 0 Å². The van der Waals surface area contributed by atoms with Crippen LogP contribution in [0.3, 0.4) is 0 Å². The molecular formula is C24H42N2. The molecule has 0 fully saturated rings. The molecule has 1 aliphatic rings. The summed E-state index contributed by atoms with van der Waals surface area (Å²) in [5.74, 6) is 1.15. The highest BCUT2D eigenvalue weighted by molar-refractivity contribution is 5.47. The summed E-state index contributed by atoms with van der Waals surface area (Å²) in [4.78, 5) is 7.61. The molecule has 3 atom stereocenters. The van der Waals surface area contributed by atoms with Crippen LogP contribution in [0.2, 0.25) is 0 Å². The number of aromatic nitrogens is 2. The molecule has 0 amide bonds. The first kappa shape index (κ1) is 24.4. The first-order valence-corrected chi connectivity index (χ1v) is 10.5. The smallest absolute Gasteiger partial charge is 0.0922 e. The molecule has 2 aromatic rings. The van der Waals surface area contributed by atoms with Crippen LogP contribution in [0.5, 0.6) is 0 Å². The lowest BCUT2D eigenvalue weighted by Gasteiger charge is -2.52. The van der Waals surface area contributed by atoms with Crippen molar-refractivity contribution in [3.8, 4) is 0 Å². The fourth-order valence-electron chi connectivity index (χ4n) is 4.04. The zero-order valence-electron chi connectivity index (χ0n) is 19.1. The summed E-state index contributed by atoms with van der Waals surface area (Å²) in [6.45, 7) is 23.9. The third-order valence-corrected chi connectivity index (χ3v) is 6.04. The molecule has 0 spiro atoms. The summed E-state index contributed by atoms with van der Waals surface area (Å²) in [6, 6.07) is 8.91. The van der Waals surface area contributed by atoms with Crippen molar-refractivity contribution in [3.63, 3.8) is 0 Å². The van der Waals surface area contributed by atoms with Gasteiger partial charge in [-0.2, -0.15) is 0 Å². The van der Waals surface area contributed by atoms with Gasteiger partial charge in [0.15, 0.2) is 0 Å². The molecule has 0 aliphatic heterocycles. The Morgan fingerprint density at radius 2 is 1.31 bits per heavy atom. The molecule has 1 N–H and O–H groups in total. The van der Waals surface area contributed by atoms with Crippen LogP contribution < -0.4 is 0 Å². The molecule has 0 bridgehead atoms. The maximum Gasteiger partial charge on any atom is 0.0922 e. The molecule has 3 unspecified atom stereocenters. The Kier molecular flexibility index (Phi) is 9.91. The second kappa shape index (κ2) is 10.5. The van der Waals surface area contributed by atoms with Crippen LogP contribution in [0, 0.1) is 11.8 Å². The molecule has 1 aliphatic carbocycles. The van der Waals surface area contributed by atoms with Crippen molar-refractivity contribution in [2.45, 2.75) is 87.0 Å². The van der Waals surface area contributed by atoms with Gasteiger partial charge in [0, 0.05) is 17.3 Å². The van der Waals surface area contributed by atoms with E-state index in [-0.39, 0.29) is 10.8 Å². The van der Waals surface area contributed by atoms with E-state index in [0.717, 1.165) is 0 Å². The predicted octanol–water partition coefficient (Wildman–Crippen LogP) is 7.36. The largest absolute Gasteiger partial charge is 0.348 e. The highest BCUT2D eigenvalue weighted by atomic mass is 14.9. The van der Waals surface area contributed by atoms with Gasteiger partial charge in [-0.1, -0.05) is 93.5 Å². The SMILES string of the molecule is CC.CC.CC.CC1C(C)C(C)(c2cnc[nH]2)c2ccccc2C1(C)C. The molecule has 3 rings (SSSR count). The second-order valence-electron chi connectivity index (χ2n) is 7.01. The van der Waals surface area contributed by atoms with Crippen LogP contribution >= 0.6 is 0 Å². The van der Waals surface area contributed by atoms with Crippen molar-refractivity contribution in [2.24, 2.45) is 11.8 Å². The minimum atomic E-state index is 0.00201. The quantitative estimate of drug-likeness (QED) is 0.567. The fourth-order valence-corrected chi connectivity index (χ4v) is 4.04. The van der Waals surface area contributed by atoms with Gasteiger partial charge in [0.25, 0.3) is 0 Å². The molecule has 2 nitrogen and oxygen atoms in total. The molecule has 1 heterocycles. The van der Waals surface area contributed by atoms with Crippen molar-refractivity contribution < 1.29 is 0 Å². The summed E-state index contributed by atoms with van der Waals surface area (Å²) in [5, 5.41) is 0. The van der Waals surface area contributed by atoms with Gasteiger partial charge < -0.3 is 4.98 Å². The summed E-state index contributed by atoms with van der Waals surface area (Å²) >= 11 is 0. The Hall–Kier alpha value is -1.57. The Morgan fingerprint density at radius 3 is 1.77 bits per heavy atom. The van der Waals surface area contributed by atoms with Gasteiger partial charge in [-0.05, 0) is 35.3 Å². The van der Waals surface area contributed by atoms with Crippen LogP contribution in [0.15, 0.2) is 36.8 Å². The molecule has 1 aromatic carbocycles. The van der Waals surface area contributed by atoms with E-state index in [1.807, 2.05) is 47.7 Å². The van der Waals surface area contributed by atoms with E-state index < -0.39 is 0 Å². The van der Waals surface area contributed by atoms with E-state index in [1.165, 1.54) is 16.8 Å². The maximum atomic E-state index is 4.26. The van der Waals surface area contributed by atoms with Crippen molar-refractivity contribution in [1.82, 2.24) is 9.97 Å². The van der Waals surface area contributed by atoms with E-state index in [9.17, 15) is 0 Å². The summed E-state index contributed by atoms with van der Waals surface area (Å²) < 4.78 is 0. The lowest BCUT2D eigenvalue weighted by atomic mass is 9.52. The Balaban J connectivity index is 0.000000948. The Labute approximate surface area is 162 Å². The number of hydrogen-bond acceptors (Lipinski definition) is 1. The first-order chi connectivity index (χ1) is 12.4. The fraction of sp³-hybridized carbons (Fsp3) is 0.625. The molecule has 0 saturated heterocycles. The number of nitrogens with one attached hydrogen (secondary N) is 1.